The highest BCUT2D eigenvalue weighted by atomic mass is 16.2. The standard InChI is InChI=1S/C23H24N2O2/c26-22(25-21-7-3-5-17-4-1-2-6-20(17)21)15-10-16-8-11-18(12-9-16)23(27)24-19-13-14-19/h3,5,7-12,15,19H,1-2,4,6,13-14H2,(H,24,27)(H,25,26)/b15-10+. The van der Waals surface area contributed by atoms with Crippen molar-refractivity contribution in [2.45, 2.75) is 44.6 Å². The van der Waals surface area contributed by atoms with E-state index in [1.165, 1.54) is 24.0 Å². The van der Waals surface area contributed by atoms with Crippen LogP contribution in [-0.4, -0.2) is 17.9 Å². The van der Waals surface area contributed by atoms with Crippen LogP contribution in [0.4, 0.5) is 5.69 Å². The largest absolute Gasteiger partial charge is 0.349 e. The van der Waals surface area contributed by atoms with Crippen molar-refractivity contribution in [2.24, 2.45) is 0 Å². The third-order valence-electron chi connectivity index (χ3n) is 5.17. The Morgan fingerprint density at radius 3 is 2.52 bits per heavy atom. The lowest BCUT2D eigenvalue weighted by Crippen LogP contribution is -2.25. The van der Waals surface area contributed by atoms with Gasteiger partial charge in [-0.05, 0) is 79.5 Å². The number of hydrogen-bond donors (Lipinski definition) is 2. The van der Waals surface area contributed by atoms with Gasteiger partial charge < -0.3 is 10.6 Å². The highest BCUT2D eigenvalue weighted by molar-refractivity contribution is 6.02. The topological polar surface area (TPSA) is 58.2 Å². The van der Waals surface area contributed by atoms with Gasteiger partial charge in [0.15, 0.2) is 0 Å². The number of benzene rings is 2. The Labute approximate surface area is 159 Å². The molecular formula is C23H24N2O2. The number of carbonyl (C=O) groups excluding carboxylic acids is 2. The molecule has 4 heteroatoms. The van der Waals surface area contributed by atoms with E-state index < -0.39 is 0 Å². The van der Waals surface area contributed by atoms with Crippen LogP contribution in [-0.2, 0) is 17.6 Å². The maximum atomic E-state index is 12.3. The molecule has 27 heavy (non-hydrogen) atoms. The van der Waals surface area contributed by atoms with E-state index >= 15 is 0 Å². The summed E-state index contributed by atoms with van der Waals surface area (Å²) in [5.41, 5.74) is 5.09. The number of fused-ring (bicyclic) bond motifs is 1. The summed E-state index contributed by atoms with van der Waals surface area (Å²) in [4.78, 5) is 24.3. The molecule has 0 bridgehead atoms. The molecule has 0 spiro atoms. The first kappa shape index (κ1) is 17.5. The molecule has 0 radical (unpaired) electrons. The third kappa shape index (κ3) is 4.45. The van der Waals surface area contributed by atoms with Crippen molar-refractivity contribution in [3.63, 3.8) is 0 Å². The van der Waals surface area contributed by atoms with E-state index in [1.807, 2.05) is 24.3 Å². The number of anilines is 1. The summed E-state index contributed by atoms with van der Waals surface area (Å²) in [6.07, 6.45) is 9.98. The van der Waals surface area contributed by atoms with Crippen molar-refractivity contribution in [2.75, 3.05) is 5.32 Å². The molecule has 4 rings (SSSR count). The summed E-state index contributed by atoms with van der Waals surface area (Å²) >= 11 is 0. The Kier molecular flexibility index (Phi) is 5.05. The zero-order valence-corrected chi connectivity index (χ0v) is 15.3. The molecular weight excluding hydrogens is 336 g/mol. The molecule has 0 saturated heterocycles. The average molecular weight is 360 g/mol. The Balaban J connectivity index is 1.38. The fourth-order valence-electron chi connectivity index (χ4n) is 3.49. The molecule has 0 unspecified atom stereocenters. The molecule has 0 atom stereocenters. The first-order chi connectivity index (χ1) is 13.2. The van der Waals surface area contributed by atoms with Crippen molar-refractivity contribution in [1.29, 1.82) is 0 Å². The molecule has 1 saturated carbocycles. The molecule has 2 aromatic rings. The van der Waals surface area contributed by atoms with Gasteiger partial charge in [0.1, 0.15) is 0 Å². The zero-order valence-electron chi connectivity index (χ0n) is 15.3. The van der Waals surface area contributed by atoms with Crippen LogP contribution in [0.5, 0.6) is 0 Å². The maximum Gasteiger partial charge on any atom is 0.251 e. The second kappa shape index (κ2) is 7.78. The van der Waals surface area contributed by atoms with Gasteiger partial charge in [0.05, 0.1) is 0 Å². The number of aryl methyl sites for hydroxylation is 1. The molecule has 138 valence electrons. The van der Waals surface area contributed by atoms with Gasteiger partial charge >= 0.3 is 0 Å². The maximum absolute atomic E-state index is 12.3. The molecule has 0 heterocycles. The van der Waals surface area contributed by atoms with Crippen LogP contribution in [0.3, 0.4) is 0 Å². The van der Waals surface area contributed by atoms with Crippen molar-refractivity contribution in [3.05, 3.63) is 70.8 Å². The van der Waals surface area contributed by atoms with Crippen LogP contribution >= 0.6 is 0 Å². The minimum atomic E-state index is -0.135. The van der Waals surface area contributed by atoms with Gasteiger partial charge in [0.2, 0.25) is 5.91 Å². The first-order valence-corrected chi connectivity index (χ1v) is 9.70. The summed E-state index contributed by atoms with van der Waals surface area (Å²) in [6, 6.07) is 13.8. The molecule has 2 aliphatic carbocycles. The van der Waals surface area contributed by atoms with Crippen molar-refractivity contribution >= 4 is 23.6 Å². The van der Waals surface area contributed by atoms with Gasteiger partial charge in [-0.25, -0.2) is 0 Å². The van der Waals surface area contributed by atoms with Crippen LogP contribution in [0.15, 0.2) is 48.5 Å². The number of nitrogens with one attached hydrogen (secondary N) is 2. The number of rotatable bonds is 5. The number of carbonyl (C=O) groups is 2. The molecule has 2 amide bonds. The van der Waals surface area contributed by atoms with Gasteiger partial charge in [0.25, 0.3) is 5.91 Å². The van der Waals surface area contributed by atoms with E-state index in [1.54, 1.807) is 24.3 Å². The SMILES string of the molecule is O=C(/C=C/c1ccc(C(=O)NC2CC2)cc1)Nc1cccc2c1CCCC2. The van der Waals surface area contributed by atoms with Crippen molar-refractivity contribution in [1.82, 2.24) is 5.32 Å². The van der Waals surface area contributed by atoms with E-state index in [9.17, 15) is 9.59 Å². The monoisotopic (exact) mass is 360 g/mol. The molecule has 4 nitrogen and oxygen atoms in total. The molecule has 0 aromatic heterocycles. The predicted molar refractivity (Wildman–Crippen MR) is 108 cm³/mol. The Morgan fingerprint density at radius 1 is 0.963 bits per heavy atom. The quantitative estimate of drug-likeness (QED) is 0.789. The Morgan fingerprint density at radius 2 is 1.74 bits per heavy atom. The lowest BCUT2D eigenvalue weighted by molar-refractivity contribution is -0.111. The highest BCUT2D eigenvalue weighted by Crippen LogP contribution is 2.27. The normalized spacial score (nSPS) is 16.0. The lowest BCUT2D eigenvalue weighted by atomic mass is 9.90. The smallest absolute Gasteiger partial charge is 0.251 e. The van der Waals surface area contributed by atoms with Gasteiger partial charge in [0, 0.05) is 23.4 Å². The lowest BCUT2D eigenvalue weighted by Gasteiger charge is -2.19. The first-order valence-electron chi connectivity index (χ1n) is 9.70. The average Bonchev–Trinajstić information content (AvgIpc) is 3.51. The molecule has 1 fully saturated rings. The van der Waals surface area contributed by atoms with Crippen LogP contribution in [0, 0.1) is 0 Å². The fourth-order valence-corrected chi connectivity index (χ4v) is 3.49. The highest BCUT2D eigenvalue weighted by Gasteiger charge is 2.23. The molecule has 2 aliphatic rings. The number of hydrogen-bond acceptors (Lipinski definition) is 2. The van der Waals surface area contributed by atoms with Gasteiger partial charge in [-0.3, -0.25) is 9.59 Å². The third-order valence-corrected chi connectivity index (χ3v) is 5.17. The minimum Gasteiger partial charge on any atom is -0.349 e. The van der Waals surface area contributed by atoms with E-state index in [0.717, 1.165) is 36.9 Å². The molecule has 2 N–H and O–H groups in total. The van der Waals surface area contributed by atoms with Crippen molar-refractivity contribution in [3.8, 4) is 0 Å². The summed E-state index contributed by atoms with van der Waals surface area (Å²) in [5, 5.41) is 5.98. The summed E-state index contributed by atoms with van der Waals surface area (Å²) in [5.74, 6) is -0.163. The molecule has 2 aromatic carbocycles. The summed E-state index contributed by atoms with van der Waals surface area (Å²) < 4.78 is 0. The van der Waals surface area contributed by atoms with Crippen LogP contribution in [0.25, 0.3) is 6.08 Å². The van der Waals surface area contributed by atoms with Gasteiger partial charge in [-0.1, -0.05) is 24.3 Å². The van der Waals surface area contributed by atoms with E-state index in [4.69, 9.17) is 0 Å². The van der Waals surface area contributed by atoms with Crippen LogP contribution < -0.4 is 10.6 Å². The summed E-state index contributed by atoms with van der Waals surface area (Å²) in [7, 11) is 0. The van der Waals surface area contributed by atoms with Crippen LogP contribution in [0.2, 0.25) is 0 Å². The minimum absolute atomic E-state index is 0.0281. The van der Waals surface area contributed by atoms with Gasteiger partial charge in [-0.2, -0.15) is 0 Å². The number of amides is 2. The zero-order chi connectivity index (χ0) is 18.6. The predicted octanol–water partition coefficient (Wildman–Crippen LogP) is 4.11. The van der Waals surface area contributed by atoms with Crippen molar-refractivity contribution < 1.29 is 9.59 Å². The fraction of sp³-hybridized carbons (Fsp3) is 0.304. The Hall–Kier alpha value is -2.88. The van der Waals surface area contributed by atoms with E-state index in [0.29, 0.717) is 11.6 Å². The second-order valence-corrected chi connectivity index (χ2v) is 7.34. The Bertz CT molecular complexity index is 880. The van der Waals surface area contributed by atoms with Gasteiger partial charge in [-0.15, -0.1) is 0 Å². The molecule has 0 aliphatic heterocycles. The second-order valence-electron chi connectivity index (χ2n) is 7.34. The van der Waals surface area contributed by atoms with Crippen LogP contribution in [0.1, 0.15) is 52.7 Å². The van der Waals surface area contributed by atoms with E-state index in [2.05, 4.69) is 16.7 Å². The van der Waals surface area contributed by atoms with E-state index in [-0.39, 0.29) is 11.8 Å². The summed E-state index contributed by atoms with van der Waals surface area (Å²) in [6.45, 7) is 0.